The third-order valence-corrected chi connectivity index (χ3v) is 4.06. The third kappa shape index (κ3) is 4.70. The van der Waals surface area contributed by atoms with Gasteiger partial charge < -0.3 is 10.2 Å². The molecule has 1 aromatic rings. The molecule has 0 bridgehead atoms. The summed E-state index contributed by atoms with van der Waals surface area (Å²) in [6, 6.07) is 7.09. The lowest BCUT2D eigenvalue weighted by molar-refractivity contribution is -0.123. The molecule has 0 saturated carbocycles. The maximum absolute atomic E-state index is 13.8. The molecule has 1 saturated heterocycles. The van der Waals surface area contributed by atoms with Gasteiger partial charge in [-0.3, -0.25) is 9.69 Å². The number of carbonyl (C=O) groups excluding carboxylic acids is 1. The molecule has 1 heterocycles. The number of nitrogens with one attached hydrogen (secondary N) is 1. The average Bonchev–Trinajstić information content (AvgIpc) is 2.49. The second-order valence-electron chi connectivity index (χ2n) is 5.97. The second kappa shape index (κ2) is 8.13. The van der Waals surface area contributed by atoms with Crippen LogP contribution >= 0.6 is 0 Å². The number of nitrogens with zero attached hydrogens (tertiary/aromatic N) is 2. The van der Waals surface area contributed by atoms with Gasteiger partial charge in [0.05, 0.1) is 12.2 Å². The summed E-state index contributed by atoms with van der Waals surface area (Å²) in [6.07, 6.45) is 2.08. The minimum atomic E-state index is -0.179. The number of hydrogen-bond donors (Lipinski definition) is 1. The van der Waals surface area contributed by atoms with E-state index in [9.17, 15) is 9.18 Å². The molecule has 4 nitrogen and oxygen atoms in total. The first-order valence-electron chi connectivity index (χ1n) is 8.11. The molecule has 0 aliphatic carbocycles. The van der Waals surface area contributed by atoms with Crippen molar-refractivity contribution in [3.63, 3.8) is 0 Å². The molecule has 22 heavy (non-hydrogen) atoms. The fourth-order valence-corrected chi connectivity index (χ4v) is 2.88. The zero-order valence-corrected chi connectivity index (χ0v) is 13.5. The van der Waals surface area contributed by atoms with E-state index in [0.717, 1.165) is 39.0 Å². The largest absolute Gasteiger partial charge is 0.367 e. The highest BCUT2D eigenvalue weighted by Crippen LogP contribution is 2.19. The van der Waals surface area contributed by atoms with E-state index in [4.69, 9.17) is 0 Å². The van der Waals surface area contributed by atoms with Crippen LogP contribution in [0.4, 0.5) is 10.1 Å². The molecule has 5 heteroatoms. The molecule has 0 spiro atoms. The fraction of sp³-hybridized carbons (Fsp3) is 0.588. The molecule has 1 aliphatic rings. The van der Waals surface area contributed by atoms with Crippen LogP contribution in [-0.4, -0.2) is 49.6 Å². The molecule has 2 rings (SSSR count). The van der Waals surface area contributed by atoms with Crippen LogP contribution in [0.1, 0.15) is 26.7 Å². The molecule has 1 unspecified atom stereocenters. The van der Waals surface area contributed by atoms with Gasteiger partial charge in [-0.1, -0.05) is 25.5 Å². The van der Waals surface area contributed by atoms with E-state index in [1.165, 1.54) is 6.07 Å². The van der Waals surface area contributed by atoms with Crippen LogP contribution in [0.5, 0.6) is 0 Å². The van der Waals surface area contributed by atoms with Gasteiger partial charge in [-0.2, -0.15) is 0 Å². The summed E-state index contributed by atoms with van der Waals surface area (Å²) in [7, 11) is 0. The van der Waals surface area contributed by atoms with Gasteiger partial charge in [-0.15, -0.1) is 0 Å². The molecule has 1 aromatic carbocycles. The van der Waals surface area contributed by atoms with Crippen LogP contribution in [0.25, 0.3) is 0 Å². The summed E-state index contributed by atoms with van der Waals surface area (Å²) in [5, 5.41) is 3.03. The summed E-state index contributed by atoms with van der Waals surface area (Å²) in [5.74, 6) is -0.0950. The van der Waals surface area contributed by atoms with Crippen molar-refractivity contribution in [2.75, 3.05) is 37.6 Å². The Labute approximate surface area is 132 Å². The number of anilines is 1. The first kappa shape index (κ1) is 16.7. The zero-order chi connectivity index (χ0) is 15.9. The molecule has 1 atom stereocenters. The van der Waals surface area contributed by atoms with E-state index in [-0.39, 0.29) is 17.8 Å². The van der Waals surface area contributed by atoms with Gasteiger partial charge in [0, 0.05) is 32.2 Å². The molecule has 0 aromatic heterocycles. The van der Waals surface area contributed by atoms with Crippen molar-refractivity contribution < 1.29 is 9.18 Å². The van der Waals surface area contributed by atoms with E-state index in [0.29, 0.717) is 12.2 Å². The molecular weight excluding hydrogens is 281 g/mol. The lowest BCUT2D eigenvalue weighted by Crippen LogP contribution is -2.50. The van der Waals surface area contributed by atoms with Gasteiger partial charge in [-0.25, -0.2) is 4.39 Å². The third-order valence-electron chi connectivity index (χ3n) is 4.06. The fourth-order valence-electron chi connectivity index (χ4n) is 2.88. The minimum Gasteiger partial charge on any atom is -0.367 e. The van der Waals surface area contributed by atoms with E-state index < -0.39 is 0 Å². The number of halogens is 1. The van der Waals surface area contributed by atoms with E-state index in [1.807, 2.05) is 24.0 Å². The van der Waals surface area contributed by atoms with Gasteiger partial charge in [-0.05, 0) is 25.5 Å². The van der Waals surface area contributed by atoms with Gasteiger partial charge >= 0.3 is 0 Å². The molecule has 1 N–H and O–H groups in total. The highest BCUT2D eigenvalue weighted by Gasteiger charge is 2.21. The van der Waals surface area contributed by atoms with Gasteiger partial charge in [0.2, 0.25) is 5.91 Å². The van der Waals surface area contributed by atoms with Crippen LogP contribution < -0.4 is 10.2 Å². The van der Waals surface area contributed by atoms with Crippen molar-refractivity contribution in [3.8, 4) is 0 Å². The molecule has 122 valence electrons. The first-order valence-corrected chi connectivity index (χ1v) is 8.11. The van der Waals surface area contributed by atoms with Crippen molar-refractivity contribution in [1.82, 2.24) is 10.2 Å². The summed E-state index contributed by atoms with van der Waals surface area (Å²) in [6.45, 7) is 7.65. The maximum Gasteiger partial charge on any atom is 0.234 e. The van der Waals surface area contributed by atoms with E-state index >= 15 is 0 Å². The molecule has 1 fully saturated rings. The second-order valence-corrected chi connectivity index (χ2v) is 5.97. The SMILES string of the molecule is CCCC(C)NC(=O)CN1CCN(c2ccccc2F)CC1. The average molecular weight is 307 g/mol. The van der Waals surface area contributed by atoms with Crippen molar-refractivity contribution >= 4 is 11.6 Å². The highest BCUT2D eigenvalue weighted by molar-refractivity contribution is 5.78. The Morgan fingerprint density at radius 2 is 1.95 bits per heavy atom. The Hall–Kier alpha value is -1.62. The Bertz CT molecular complexity index is 487. The Morgan fingerprint density at radius 1 is 1.27 bits per heavy atom. The van der Waals surface area contributed by atoms with Crippen LogP contribution in [0.15, 0.2) is 24.3 Å². The number of carbonyl (C=O) groups is 1. The topological polar surface area (TPSA) is 35.6 Å². The minimum absolute atomic E-state index is 0.0836. The summed E-state index contributed by atoms with van der Waals surface area (Å²) in [4.78, 5) is 16.2. The Morgan fingerprint density at radius 3 is 2.59 bits per heavy atom. The van der Waals surface area contributed by atoms with Gasteiger partial charge in [0.25, 0.3) is 0 Å². The van der Waals surface area contributed by atoms with Crippen LogP contribution in [0.2, 0.25) is 0 Å². The number of hydrogen-bond acceptors (Lipinski definition) is 3. The van der Waals surface area contributed by atoms with Gasteiger partial charge in [0.1, 0.15) is 5.82 Å². The number of piperazine rings is 1. The van der Waals surface area contributed by atoms with E-state index in [1.54, 1.807) is 6.07 Å². The van der Waals surface area contributed by atoms with Crippen molar-refractivity contribution in [3.05, 3.63) is 30.1 Å². The summed E-state index contributed by atoms with van der Waals surface area (Å²) >= 11 is 0. The van der Waals surface area contributed by atoms with Crippen LogP contribution in [0, 0.1) is 5.82 Å². The Kier molecular flexibility index (Phi) is 6.19. The van der Waals surface area contributed by atoms with Crippen molar-refractivity contribution in [2.24, 2.45) is 0 Å². The number of amides is 1. The molecule has 0 radical (unpaired) electrons. The standard InChI is InChI=1S/C17H26FN3O/c1-3-6-14(2)19-17(22)13-20-9-11-21(12-10-20)16-8-5-4-7-15(16)18/h4-5,7-8,14H,3,6,9-13H2,1-2H3,(H,19,22). The van der Waals surface area contributed by atoms with Crippen LogP contribution in [-0.2, 0) is 4.79 Å². The smallest absolute Gasteiger partial charge is 0.234 e. The summed E-state index contributed by atoms with van der Waals surface area (Å²) < 4.78 is 13.8. The Balaban J connectivity index is 1.78. The maximum atomic E-state index is 13.8. The molecular formula is C17H26FN3O. The van der Waals surface area contributed by atoms with Gasteiger partial charge in [0.15, 0.2) is 0 Å². The molecule has 1 amide bonds. The predicted molar refractivity (Wildman–Crippen MR) is 87.6 cm³/mol. The van der Waals surface area contributed by atoms with Crippen molar-refractivity contribution in [2.45, 2.75) is 32.7 Å². The van der Waals surface area contributed by atoms with Crippen molar-refractivity contribution in [1.29, 1.82) is 0 Å². The normalized spacial score (nSPS) is 17.3. The monoisotopic (exact) mass is 307 g/mol. The number of benzene rings is 1. The molecule has 1 aliphatic heterocycles. The first-order chi connectivity index (χ1) is 10.6. The zero-order valence-electron chi connectivity index (χ0n) is 13.5. The van der Waals surface area contributed by atoms with E-state index in [2.05, 4.69) is 17.1 Å². The quantitative estimate of drug-likeness (QED) is 0.875. The predicted octanol–water partition coefficient (Wildman–Crippen LogP) is 2.25. The summed E-state index contributed by atoms with van der Waals surface area (Å²) in [5.41, 5.74) is 0.656. The highest BCUT2D eigenvalue weighted by atomic mass is 19.1. The lowest BCUT2D eigenvalue weighted by Gasteiger charge is -2.36. The number of para-hydroxylation sites is 1. The lowest BCUT2D eigenvalue weighted by atomic mass is 10.2. The van der Waals surface area contributed by atoms with Crippen LogP contribution in [0.3, 0.4) is 0 Å². The number of rotatable bonds is 6.